The molecule has 0 radical (unpaired) electrons. The van der Waals surface area contributed by atoms with Crippen molar-refractivity contribution in [2.75, 3.05) is 6.61 Å². The smallest absolute Gasteiger partial charge is 0.311 e. The summed E-state index contributed by atoms with van der Waals surface area (Å²) < 4.78 is 35.8. The lowest BCUT2D eigenvalue weighted by Gasteiger charge is -2.36. The van der Waals surface area contributed by atoms with Crippen LogP contribution in [0.4, 0.5) is 0 Å². The summed E-state index contributed by atoms with van der Waals surface area (Å²) in [6.45, 7) is 10.4. The Morgan fingerprint density at radius 3 is 2.50 bits per heavy atom. The van der Waals surface area contributed by atoms with Crippen LogP contribution in [-0.4, -0.2) is 32.3 Å². The van der Waals surface area contributed by atoms with Crippen LogP contribution in [0.5, 0.6) is 0 Å². The molecule has 0 amide bonds. The van der Waals surface area contributed by atoms with E-state index in [9.17, 15) is 13.2 Å². The molecule has 3 rings (SSSR count). The molecule has 0 aromatic rings. The first kappa shape index (κ1) is 16.2. The van der Waals surface area contributed by atoms with E-state index in [-0.39, 0.29) is 29.6 Å². The average Bonchev–Trinajstić information content (AvgIpc) is 2.86. The normalized spacial score (nSPS) is 45.0. The molecule has 2 aliphatic carbocycles. The van der Waals surface area contributed by atoms with E-state index in [4.69, 9.17) is 8.92 Å². The van der Waals surface area contributed by atoms with Crippen molar-refractivity contribution in [3.63, 3.8) is 0 Å². The molecule has 2 bridgehead atoms. The van der Waals surface area contributed by atoms with E-state index in [1.165, 1.54) is 0 Å². The van der Waals surface area contributed by atoms with Gasteiger partial charge in [0.05, 0.1) is 23.9 Å². The fourth-order valence-electron chi connectivity index (χ4n) is 5.09. The van der Waals surface area contributed by atoms with E-state index in [2.05, 4.69) is 0 Å². The summed E-state index contributed by atoms with van der Waals surface area (Å²) in [5.41, 5.74) is -0.444. The second-order valence-electron chi connectivity index (χ2n) is 8.18. The van der Waals surface area contributed by atoms with Gasteiger partial charge in [0.25, 0.3) is 10.1 Å². The molecule has 0 spiro atoms. The summed E-state index contributed by atoms with van der Waals surface area (Å²) in [6, 6.07) is 0. The number of rotatable bonds is 4. The van der Waals surface area contributed by atoms with Crippen LogP contribution in [-0.2, 0) is 23.8 Å². The molecule has 3 aliphatic rings. The van der Waals surface area contributed by atoms with Crippen molar-refractivity contribution in [3.8, 4) is 0 Å². The Hall–Kier alpha value is -0.620. The molecule has 0 aromatic heterocycles. The summed E-state index contributed by atoms with van der Waals surface area (Å²) in [7, 11) is -3.59. The highest BCUT2D eigenvalue weighted by Crippen LogP contribution is 2.68. The first-order chi connectivity index (χ1) is 10.1. The first-order valence-electron chi connectivity index (χ1n) is 8.18. The molecule has 0 N–H and O–H groups in total. The topological polar surface area (TPSA) is 69.7 Å². The van der Waals surface area contributed by atoms with Gasteiger partial charge in [-0.1, -0.05) is 34.6 Å². The Balaban J connectivity index is 1.94. The van der Waals surface area contributed by atoms with Crippen LogP contribution in [0.2, 0.25) is 0 Å². The lowest BCUT2D eigenvalue weighted by molar-refractivity contribution is -0.156. The second kappa shape index (κ2) is 4.94. The summed E-state index contributed by atoms with van der Waals surface area (Å²) in [6.07, 6.45) is 0.202. The number of hydrogen-bond donors (Lipinski definition) is 0. The van der Waals surface area contributed by atoms with Crippen molar-refractivity contribution in [3.05, 3.63) is 0 Å². The molecule has 1 saturated heterocycles. The molecule has 0 aromatic carbocycles. The maximum absolute atomic E-state index is 12.6. The fourth-order valence-corrected chi connectivity index (χ4v) is 7.63. The molecule has 1 heterocycles. The van der Waals surface area contributed by atoms with E-state index < -0.39 is 32.8 Å². The highest BCUT2D eigenvalue weighted by Gasteiger charge is 2.76. The van der Waals surface area contributed by atoms with Gasteiger partial charge >= 0.3 is 5.97 Å². The van der Waals surface area contributed by atoms with Crippen LogP contribution in [0.15, 0.2) is 0 Å². The molecular weight excluding hydrogens is 304 g/mol. The van der Waals surface area contributed by atoms with Gasteiger partial charge < -0.3 is 4.74 Å². The molecular formula is C16H26O5S. The maximum Gasteiger partial charge on any atom is 0.311 e. The van der Waals surface area contributed by atoms with Gasteiger partial charge in [-0.15, -0.1) is 0 Å². The summed E-state index contributed by atoms with van der Waals surface area (Å²) in [5, 5.41) is -0.468. The van der Waals surface area contributed by atoms with Crippen molar-refractivity contribution in [2.45, 2.75) is 52.4 Å². The van der Waals surface area contributed by atoms with E-state index in [1.54, 1.807) is 0 Å². The molecule has 22 heavy (non-hydrogen) atoms. The predicted molar refractivity (Wildman–Crippen MR) is 81.4 cm³/mol. The highest BCUT2D eigenvalue weighted by atomic mass is 32.2. The van der Waals surface area contributed by atoms with Gasteiger partial charge in [0.1, 0.15) is 0 Å². The molecule has 5 nitrogen and oxygen atoms in total. The quantitative estimate of drug-likeness (QED) is 0.584. The Kier molecular flexibility index (Phi) is 3.64. The molecule has 6 heteroatoms. The zero-order chi connectivity index (χ0) is 16.4. The molecule has 3 fully saturated rings. The maximum atomic E-state index is 12.6. The summed E-state index contributed by atoms with van der Waals surface area (Å²) in [4.78, 5) is 12.6. The zero-order valence-corrected chi connectivity index (χ0v) is 14.7. The van der Waals surface area contributed by atoms with Gasteiger partial charge in [-0.2, -0.15) is 8.42 Å². The Bertz CT molecular complexity index is 581. The van der Waals surface area contributed by atoms with Crippen LogP contribution in [0, 0.1) is 35.0 Å². The van der Waals surface area contributed by atoms with Crippen molar-refractivity contribution in [1.29, 1.82) is 0 Å². The van der Waals surface area contributed by atoms with Gasteiger partial charge in [-0.05, 0) is 30.1 Å². The van der Waals surface area contributed by atoms with Crippen LogP contribution in [0.25, 0.3) is 0 Å². The Labute approximate surface area is 132 Å². The van der Waals surface area contributed by atoms with Gasteiger partial charge in [0, 0.05) is 5.41 Å². The summed E-state index contributed by atoms with van der Waals surface area (Å²) >= 11 is 0. The standard InChI is InChI=1S/C16H26O5S/c1-8(2)7-20-15(17)12-10-6-16(5)13(12)21-22(18,19)14(16)11(10)9(3)4/h8-14H,6-7H2,1-5H3. The predicted octanol–water partition coefficient (Wildman–Crippen LogP) is 2.21. The minimum atomic E-state index is -3.59. The summed E-state index contributed by atoms with van der Waals surface area (Å²) in [5.74, 6) is -0.227. The third kappa shape index (κ3) is 2.06. The third-order valence-electron chi connectivity index (χ3n) is 5.76. The van der Waals surface area contributed by atoms with Crippen molar-refractivity contribution >= 4 is 16.1 Å². The molecule has 6 unspecified atom stereocenters. The average molecular weight is 330 g/mol. The second-order valence-corrected chi connectivity index (χ2v) is 9.86. The monoisotopic (exact) mass is 330 g/mol. The van der Waals surface area contributed by atoms with E-state index >= 15 is 0 Å². The van der Waals surface area contributed by atoms with Crippen molar-refractivity contribution < 1.29 is 22.1 Å². The minimum Gasteiger partial charge on any atom is -0.465 e. The van der Waals surface area contributed by atoms with Crippen molar-refractivity contribution in [2.24, 2.45) is 35.0 Å². The van der Waals surface area contributed by atoms with Crippen molar-refractivity contribution in [1.82, 2.24) is 0 Å². The van der Waals surface area contributed by atoms with Gasteiger partial charge in [0.2, 0.25) is 0 Å². The molecule has 6 atom stereocenters. The first-order valence-corrected chi connectivity index (χ1v) is 9.65. The molecule has 126 valence electrons. The molecule has 2 saturated carbocycles. The van der Waals surface area contributed by atoms with Crippen LogP contribution in [0.1, 0.15) is 41.0 Å². The zero-order valence-electron chi connectivity index (χ0n) is 13.9. The number of carbonyl (C=O) groups excluding carboxylic acids is 1. The van der Waals surface area contributed by atoms with E-state index in [0.717, 1.165) is 6.42 Å². The van der Waals surface area contributed by atoms with Gasteiger partial charge in [-0.25, -0.2) is 0 Å². The minimum absolute atomic E-state index is 0.0228. The number of ether oxygens (including phenoxy) is 1. The lowest BCUT2D eigenvalue weighted by atomic mass is 9.69. The molecule has 1 aliphatic heterocycles. The van der Waals surface area contributed by atoms with Gasteiger partial charge in [0.15, 0.2) is 0 Å². The number of esters is 1. The van der Waals surface area contributed by atoms with Crippen LogP contribution in [0.3, 0.4) is 0 Å². The Morgan fingerprint density at radius 1 is 1.32 bits per heavy atom. The fraction of sp³-hybridized carbons (Fsp3) is 0.938. The highest BCUT2D eigenvalue weighted by molar-refractivity contribution is 7.87. The van der Waals surface area contributed by atoms with Crippen LogP contribution < -0.4 is 0 Å². The number of hydrogen-bond acceptors (Lipinski definition) is 5. The number of carbonyl (C=O) groups is 1. The number of fused-ring (bicyclic) bond motifs is 1. The third-order valence-corrected chi connectivity index (χ3v) is 7.71. The Morgan fingerprint density at radius 2 is 1.95 bits per heavy atom. The SMILES string of the molecule is CC(C)COC(=O)C1C2CC3(C)C1OS(=O)(=O)C3C2C(C)C. The van der Waals surface area contributed by atoms with E-state index in [0.29, 0.717) is 6.61 Å². The van der Waals surface area contributed by atoms with E-state index in [1.807, 2.05) is 34.6 Å². The van der Waals surface area contributed by atoms with Crippen LogP contribution >= 0.6 is 0 Å². The largest absolute Gasteiger partial charge is 0.465 e. The van der Waals surface area contributed by atoms with Gasteiger partial charge in [-0.3, -0.25) is 8.98 Å². The lowest BCUT2D eigenvalue weighted by Crippen LogP contribution is -2.47.